The summed E-state index contributed by atoms with van der Waals surface area (Å²) in [6.45, 7) is -0.195. The van der Waals surface area contributed by atoms with Crippen LogP contribution in [0.25, 0.3) is 0 Å². The number of ether oxygens (including phenoxy) is 1. The molecule has 0 radical (unpaired) electrons. The quantitative estimate of drug-likeness (QED) is 0.873. The molecule has 0 fully saturated rings. The van der Waals surface area contributed by atoms with Crippen molar-refractivity contribution in [2.24, 2.45) is 5.73 Å². The van der Waals surface area contributed by atoms with Gasteiger partial charge in [0.1, 0.15) is 29.0 Å². The first-order valence-electron chi connectivity index (χ1n) is 5.53. The van der Waals surface area contributed by atoms with E-state index in [9.17, 15) is 8.78 Å². The highest BCUT2D eigenvalue weighted by Crippen LogP contribution is 2.18. The maximum atomic E-state index is 13.4. The second kappa shape index (κ2) is 5.75. The van der Waals surface area contributed by atoms with Crippen LogP contribution in [0, 0.1) is 11.6 Å². The van der Waals surface area contributed by atoms with E-state index in [0.717, 1.165) is 0 Å². The minimum absolute atomic E-state index is 0.108. The molecule has 2 rings (SSSR count). The van der Waals surface area contributed by atoms with E-state index in [4.69, 9.17) is 22.7 Å². The number of rotatable bonds is 4. The van der Waals surface area contributed by atoms with Gasteiger partial charge in [0.25, 0.3) is 0 Å². The summed E-state index contributed by atoms with van der Waals surface area (Å²) in [7, 11) is 0. The normalized spacial score (nSPS) is 10.2. The molecule has 0 spiro atoms. The molecular formula is C14H11F2NOS. The highest BCUT2D eigenvalue weighted by Gasteiger charge is 2.09. The van der Waals surface area contributed by atoms with Gasteiger partial charge in [0.05, 0.1) is 5.56 Å². The van der Waals surface area contributed by atoms with Crippen LogP contribution in [0.1, 0.15) is 11.1 Å². The van der Waals surface area contributed by atoms with E-state index in [1.165, 1.54) is 18.2 Å². The van der Waals surface area contributed by atoms with Crippen molar-refractivity contribution in [1.29, 1.82) is 0 Å². The molecule has 0 atom stereocenters. The standard InChI is InChI=1S/C14H11F2NOS/c15-12-5-2-6-13(16)11(12)8-18-10-4-1-3-9(7-10)14(17)19/h1-7H,8H2,(H2,17,19). The van der Waals surface area contributed by atoms with Gasteiger partial charge in [-0.3, -0.25) is 0 Å². The summed E-state index contributed by atoms with van der Waals surface area (Å²) < 4.78 is 32.1. The molecule has 0 aliphatic rings. The highest BCUT2D eigenvalue weighted by atomic mass is 32.1. The van der Waals surface area contributed by atoms with Crippen LogP contribution in [-0.4, -0.2) is 4.99 Å². The number of hydrogen-bond donors (Lipinski definition) is 1. The molecular weight excluding hydrogens is 268 g/mol. The molecule has 0 unspecified atom stereocenters. The summed E-state index contributed by atoms with van der Waals surface area (Å²) in [4.78, 5) is 0.238. The minimum Gasteiger partial charge on any atom is -0.489 e. The summed E-state index contributed by atoms with van der Waals surface area (Å²) in [5.74, 6) is -0.816. The number of nitrogens with two attached hydrogens (primary N) is 1. The molecule has 2 aromatic carbocycles. The predicted octanol–water partition coefficient (Wildman–Crippen LogP) is 3.18. The molecule has 5 heteroatoms. The van der Waals surface area contributed by atoms with E-state index in [1.54, 1.807) is 24.3 Å². The van der Waals surface area contributed by atoms with Crippen LogP contribution >= 0.6 is 12.2 Å². The first kappa shape index (κ1) is 13.4. The van der Waals surface area contributed by atoms with Gasteiger partial charge in [-0.15, -0.1) is 0 Å². The zero-order valence-electron chi connectivity index (χ0n) is 9.90. The van der Waals surface area contributed by atoms with Crippen molar-refractivity contribution in [3.8, 4) is 5.75 Å². The molecule has 0 heterocycles. The Labute approximate surface area is 114 Å². The Morgan fingerprint density at radius 2 is 1.74 bits per heavy atom. The van der Waals surface area contributed by atoms with Crippen molar-refractivity contribution < 1.29 is 13.5 Å². The Morgan fingerprint density at radius 3 is 2.37 bits per heavy atom. The summed E-state index contributed by atoms with van der Waals surface area (Å²) in [6.07, 6.45) is 0. The van der Waals surface area contributed by atoms with Crippen LogP contribution in [0.15, 0.2) is 42.5 Å². The summed E-state index contributed by atoms with van der Waals surface area (Å²) >= 11 is 4.84. The zero-order valence-corrected chi connectivity index (χ0v) is 10.7. The maximum absolute atomic E-state index is 13.4. The van der Waals surface area contributed by atoms with Crippen molar-refractivity contribution in [2.45, 2.75) is 6.61 Å². The Bertz CT molecular complexity index is 596. The Morgan fingerprint density at radius 1 is 1.11 bits per heavy atom. The zero-order chi connectivity index (χ0) is 13.8. The van der Waals surface area contributed by atoms with Gasteiger partial charge in [-0.2, -0.15) is 0 Å². The van der Waals surface area contributed by atoms with E-state index in [2.05, 4.69) is 0 Å². The number of thiocarbonyl (C=S) groups is 1. The van der Waals surface area contributed by atoms with E-state index in [0.29, 0.717) is 11.3 Å². The molecule has 0 bridgehead atoms. The Balaban J connectivity index is 2.15. The van der Waals surface area contributed by atoms with Gasteiger partial charge in [0, 0.05) is 5.56 Å². The van der Waals surface area contributed by atoms with E-state index >= 15 is 0 Å². The van der Waals surface area contributed by atoms with Gasteiger partial charge in [-0.05, 0) is 24.3 Å². The maximum Gasteiger partial charge on any atom is 0.132 e. The monoisotopic (exact) mass is 279 g/mol. The van der Waals surface area contributed by atoms with Crippen LogP contribution in [0.2, 0.25) is 0 Å². The molecule has 19 heavy (non-hydrogen) atoms. The summed E-state index contributed by atoms with van der Waals surface area (Å²) in [5.41, 5.74) is 6.03. The van der Waals surface area contributed by atoms with Gasteiger partial charge in [-0.1, -0.05) is 30.4 Å². The lowest BCUT2D eigenvalue weighted by Crippen LogP contribution is -2.09. The largest absolute Gasteiger partial charge is 0.489 e. The van der Waals surface area contributed by atoms with Crippen molar-refractivity contribution in [3.05, 3.63) is 65.2 Å². The third kappa shape index (κ3) is 3.26. The second-order valence-electron chi connectivity index (χ2n) is 3.88. The molecule has 0 saturated heterocycles. The Kier molecular flexibility index (Phi) is 4.06. The molecule has 2 N–H and O–H groups in total. The topological polar surface area (TPSA) is 35.2 Å². The molecule has 0 aliphatic heterocycles. The van der Waals surface area contributed by atoms with Crippen LogP contribution in [-0.2, 0) is 6.61 Å². The third-order valence-electron chi connectivity index (χ3n) is 2.56. The van der Waals surface area contributed by atoms with Gasteiger partial charge in [0.15, 0.2) is 0 Å². The van der Waals surface area contributed by atoms with E-state index in [1.807, 2.05) is 0 Å². The molecule has 0 saturated carbocycles. The fourth-order valence-electron chi connectivity index (χ4n) is 1.56. The van der Waals surface area contributed by atoms with E-state index < -0.39 is 11.6 Å². The molecule has 0 amide bonds. The van der Waals surface area contributed by atoms with Crippen molar-refractivity contribution >= 4 is 17.2 Å². The second-order valence-corrected chi connectivity index (χ2v) is 4.32. The fraction of sp³-hybridized carbons (Fsp3) is 0.0714. The number of benzene rings is 2. The SMILES string of the molecule is NC(=S)c1cccc(OCc2c(F)cccc2F)c1. The average molecular weight is 279 g/mol. The lowest BCUT2D eigenvalue weighted by molar-refractivity contribution is 0.292. The highest BCUT2D eigenvalue weighted by molar-refractivity contribution is 7.80. The first-order valence-corrected chi connectivity index (χ1v) is 5.94. The summed E-state index contributed by atoms with van der Waals surface area (Å²) in [5, 5.41) is 0. The van der Waals surface area contributed by atoms with Crippen LogP contribution in [0.3, 0.4) is 0 Å². The van der Waals surface area contributed by atoms with E-state index in [-0.39, 0.29) is 17.2 Å². The minimum atomic E-state index is -0.634. The summed E-state index contributed by atoms with van der Waals surface area (Å²) in [6, 6.07) is 10.4. The van der Waals surface area contributed by atoms with Crippen molar-refractivity contribution in [1.82, 2.24) is 0 Å². The molecule has 2 aromatic rings. The fourth-order valence-corrected chi connectivity index (χ4v) is 1.69. The van der Waals surface area contributed by atoms with Gasteiger partial charge < -0.3 is 10.5 Å². The van der Waals surface area contributed by atoms with Crippen molar-refractivity contribution in [2.75, 3.05) is 0 Å². The molecule has 2 nitrogen and oxygen atoms in total. The lowest BCUT2D eigenvalue weighted by Gasteiger charge is -2.09. The predicted molar refractivity (Wildman–Crippen MR) is 73.0 cm³/mol. The lowest BCUT2D eigenvalue weighted by atomic mass is 10.2. The van der Waals surface area contributed by atoms with Crippen LogP contribution < -0.4 is 10.5 Å². The van der Waals surface area contributed by atoms with Crippen LogP contribution in [0.5, 0.6) is 5.75 Å². The average Bonchev–Trinajstić information content (AvgIpc) is 2.38. The first-order chi connectivity index (χ1) is 9.08. The van der Waals surface area contributed by atoms with Crippen molar-refractivity contribution in [3.63, 3.8) is 0 Å². The molecule has 0 aliphatic carbocycles. The number of hydrogen-bond acceptors (Lipinski definition) is 2. The Hall–Kier alpha value is -2.01. The molecule has 0 aromatic heterocycles. The molecule has 98 valence electrons. The van der Waals surface area contributed by atoms with Gasteiger partial charge >= 0.3 is 0 Å². The third-order valence-corrected chi connectivity index (χ3v) is 2.80. The van der Waals surface area contributed by atoms with Gasteiger partial charge in [0.2, 0.25) is 0 Å². The number of halogens is 2. The van der Waals surface area contributed by atoms with Gasteiger partial charge in [-0.25, -0.2) is 8.78 Å². The smallest absolute Gasteiger partial charge is 0.132 e. The van der Waals surface area contributed by atoms with Crippen LogP contribution in [0.4, 0.5) is 8.78 Å².